The summed E-state index contributed by atoms with van der Waals surface area (Å²) in [4.78, 5) is 38.0. The van der Waals surface area contributed by atoms with Gasteiger partial charge in [0, 0.05) is 12.5 Å². The number of esters is 1. The molecule has 0 aliphatic carbocycles. The van der Waals surface area contributed by atoms with Crippen LogP contribution >= 0.6 is 0 Å². The normalized spacial score (nSPS) is 11.0. The zero-order chi connectivity index (χ0) is 29.4. The zero-order valence-electron chi connectivity index (χ0n) is 23.0. The monoisotopic (exact) mass is 567 g/mol. The number of anilines is 1. The van der Waals surface area contributed by atoms with Gasteiger partial charge in [0.1, 0.15) is 31.6 Å². The minimum Gasteiger partial charge on any atom is -0.489 e. The Labute approximate surface area is 244 Å². The van der Waals surface area contributed by atoms with Gasteiger partial charge in [0.15, 0.2) is 0 Å². The number of benzene rings is 4. The van der Waals surface area contributed by atoms with Gasteiger partial charge in [-0.15, -0.1) is 0 Å². The molecule has 4 rings (SSSR count). The second kappa shape index (κ2) is 16.1. The van der Waals surface area contributed by atoms with Crippen molar-refractivity contribution >= 4 is 23.7 Å². The molecule has 3 N–H and O–H groups in total. The van der Waals surface area contributed by atoms with Crippen molar-refractivity contribution in [3.05, 3.63) is 132 Å². The van der Waals surface area contributed by atoms with Crippen molar-refractivity contribution in [3.63, 3.8) is 0 Å². The Morgan fingerprint density at radius 1 is 0.643 bits per heavy atom. The van der Waals surface area contributed by atoms with Gasteiger partial charge in [0.25, 0.3) is 0 Å². The van der Waals surface area contributed by atoms with E-state index in [1.807, 2.05) is 97.1 Å². The average Bonchev–Trinajstić information content (AvgIpc) is 3.04. The molecule has 0 saturated carbocycles. The molecule has 0 heterocycles. The van der Waals surface area contributed by atoms with E-state index in [2.05, 4.69) is 16.2 Å². The molecule has 9 heteroatoms. The molecular formula is C33H33N3O6. The summed E-state index contributed by atoms with van der Waals surface area (Å²) in [5.41, 5.74) is 8.73. The van der Waals surface area contributed by atoms with Crippen molar-refractivity contribution in [2.75, 3.05) is 5.43 Å². The summed E-state index contributed by atoms with van der Waals surface area (Å²) in [6.07, 6.45) is -0.852. The van der Waals surface area contributed by atoms with Crippen LogP contribution in [0.15, 0.2) is 115 Å². The van der Waals surface area contributed by atoms with E-state index >= 15 is 0 Å². The molecule has 2 amide bonds. The van der Waals surface area contributed by atoms with Gasteiger partial charge >= 0.3 is 12.1 Å². The Hall–Kier alpha value is -5.31. The van der Waals surface area contributed by atoms with E-state index in [9.17, 15) is 14.4 Å². The number of ether oxygens (including phenoxy) is 3. The molecule has 0 spiro atoms. The van der Waals surface area contributed by atoms with Crippen molar-refractivity contribution in [2.45, 2.75) is 38.7 Å². The number of alkyl carbamates (subject to hydrolysis) is 1. The third-order valence-electron chi connectivity index (χ3n) is 6.10. The Kier molecular flexibility index (Phi) is 11.4. The van der Waals surface area contributed by atoms with Gasteiger partial charge in [0.05, 0.1) is 5.69 Å². The Morgan fingerprint density at radius 2 is 1.21 bits per heavy atom. The van der Waals surface area contributed by atoms with Crippen molar-refractivity contribution in [1.29, 1.82) is 0 Å². The van der Waals surface area contributed by atoms with Crippen LogP contribution in [0.3, 0.4) is 0 Å². The van der Waals surface area contributed by atoms with Crippen LogP contribution in [-0.2, 0) is 38.9 Å². The van der Waals surface area contributed by atoms with Gasteiger partial charge in [-0.05, 0) is 35.2 Å². The van der Waals surface area contributed by atoms with E-state index in [1.165, 1.54) is 0 Å². The van der Waals surface area contributed by atoms with E-state index in [0.717, 1.165) is 16.7 Å². The first-order valence-electron chi connectivity index (χ1n) is 13.5. The lowest BCUT2D eigenvalue weighted by molar-refractivity contribution is -0.147. The summed E-state index contributed by atoms with van der Waals surface area (Å²) < 4.78 is 16.5. The Bertz CT molecular complexity index is 1420. The van der Waals surface area contributed by atoms with Crippen LogP contribution < -0.4 is 20.9 Å². The molecule has 0 aromatic heterocycles. The number of rotatable bonds is 14. The van der Waals surface area contributed by atoms with Crippen LogP contribution in [0.25, 0.3) is 0 Å². The first-order valence-corrected chi connectivity index (χ1v) is 13.5. The van der Waals surface area contributed by atoms with Crippen LogP contribution in [0.5, 0.6) is 5.75 Å². The van der Waals surface area contributed by atoms with Gasteiger partial charge in [0.2, 0.25) is 5.91 Å². The predicted octanol–water partition coefficient (Wildman–Crippen LogP) is 5.53. The smallest absolute Gasteiger partial charge is 0.408 e. The molecule has 1 atom stereocenters. The topological polar surface area (TPSA) is 115 Å². The minimum atomic E-state index is -1.09. The van der Waals surface area contributed by atoms with E-state index < -0.39 is 18.1 Å². The molecule has 0 aliphatic rings. The summed E-state index contributed by atoms with van der Waals surface area (Å²) in [5, 5.41) is 2.53. The Balaban J connectivity index is 1.27. The van der Waals surface area contributed by atoms with Crippen LogP contribution in [0.4, 0.5) is 10.5 Å². The van der Waals surface area contributed by atoms with Crippen molar-refractivity contribution in [3.8, 4) is 5.75 Å². The first-order chi connectivity index (χ1) is 20.5. The fourth-order valence-electron chi connectivity index (χ4n) is 3.87. The minimum absolute atomic E-state index is 0.00179. The van der Waals surface area contributed by atoms with E-state index in [0.29, 0.717) is 18.0 Å². The Morgan fingerprint density at radius 3 is 1.83 bits per heavy atom. The van der Waals surface area contributed by atoms with Crippen LogP contribution in [0.1, 0.15) is 29.5 Å². The van der Waals surface area contributed by atoms with E-state index in [4.69, 9.17) is 14.2 Å². The molecule has 0 radical (unpaired) electrons. The molecule has 0 unspecified atom stereocenters. The fourth-order valence-corrected chi connectivity index (χ4v) is 3.87. The highest BCUT2D eigenvalue weighted by atomic mass is 16.6. The van der Waals surface area contributed by atoms with Gasteiger partial charge in [-0.1, -0.05) is 97.1 Å². The van der Waals surface area contributed by atoms with E-state index in [-0.39, 0.29) is 32.0 Å². The number of nitrogens with one attached hydrogen (secondary N) is 3. The molecule has 4 aromatic rings. The largest absolute Gasteiger partial charge is 0.489 e. The molecule has 216 valence electrons. The number of hydrazine groups is 1. The summed E-state index contributed by atoms with van der Waals surface area (Å²) in [6, 6.07) is 34.2. The molecule has 42 heavy (non-hydrogen) atoms. The van der Waals surface area contributed by atoms with Gasteiger partial charge in [-0.3, -0.25) is 15.6 Å². The highest BCUT2D eigenvalue weighted by Crippen LogP contribution is 2.18. The average molecular weight is 568 g/mol. The summed E-state index contributed by atoms with van der Waals surface area (Å²) in [5.74, 6) is -0.414. The van der Waals surface area contributed by atoms with Crippen LogP contribution in [0, 0.1) is 0 Å². The highest BCUT2D eigenvalue weighted by molar-refractivity contribution is 5.83. The summed E-state index contributed by atoms with van der Waals surface area (Å²) >= 11 is 0. The maximum atomic E-state index is 12.9. The molecule has 0 saturated heterocycles. The lowest BCUT2D eigenvalue weighted by Gasteiger charge is -2.18. The molecule has 0 aliphatic heterocycles. The molecule has 4 aromatic carbocycles. The summed E-state index contributed by atoms with van der Waals surface area (Å²) in [6.45, 7) is 0.490. The zero-order valence-corrected chi connectivity index (χ0v) is 23.0. The molecule has 0 fully saturated rings. The molecule has 0 bridgehead atoms. The third kappa shape index (κ3) is 10.3. The second-order valence-corrected chi connectivity index (χ2v) is 9.37. The number of carbonyl (C=O) groups excluding carboxylic acids is 3. The SMILES string of the molecule is O=C(CC[C@H](NC(=O)OCc1ccccc1)C(=O)OCc1ccccc1)NNc1cccc(OCc2ccccc2)c1. The lowest BCUT2D eigenvalue weighted by atomic mass is 10.1. The van der Waals surface area contributed by atoms with Crippen LogP contribution in [0.2, 0.25) is 0 Å². The maximum absolute atomic E-state index is 12.9. The number of amides is 2. The summed E-state index contributed by atoms with van der Waals surface area (Å²) in [7, 11) is 0. The molecular weight excluding hydrogens is 534 g/mol. The van der Waals surface area contributed by atoms with Crippen molar-refractivity contribution in [1.82, 2.24) is 10.7 Å². The van der Waals surface area contributed by atoms with Gasteiger partial charge in [-0.2, -0.15) is 0 Å². The predicted molar refractivity (Wildman–Crippen MR) is 158 cm³/mol. The fraction of sp³-hybridized carbons (Fsp3) is 0.182. The van der Waals surface area contributed by atoms with Gasteiger partial charge < -0.3 is 19.5 Å². The number of hydrogen-bond donors (Lipinski definition) is 3. The number of carbonyl (C=O) groups is 3. The number of hydrogen-bond acceptors (Lipinski definition) is 7. The lowest BCUT2D eigenvalue weighted by Crippen LogP contribution is -2.43. The quantitative estimate of drug-likeness (QED) is 0.136. The second-order valence-electron chi connectivity index (χ2n) is 9.37. The molecule has 9 nitrogen and oxygen atoms in total. The van der Waals surface area contributed by atoms with E-state index in [1.54, 1.807) is 18.2 Å². The van der Waals surface area contributed by atoms with Crippen molar-refractivity contribution < 1.29 is 28.6 Å². The maximum Gasteiger partial charge on any atom is 0.408 e. The first kappa shape index (κ1) is 29.7. The third-order valence-corrected chi connectivity index (χ3v) is 6.10. The van der Waals surface area contributed by atoms with Crippen LogP contribution in [-0.4, -0.2) is 24.0 Å². The van der Waals surface area contributed by atoms with Gasteiger partial charge in [-0.25, -0.2) is 9.59 Å². The standard InChI is InChI=1S/C33H33N3O6/c37-31(36-35-28-17-10-18-29(21-28)40-22-25-11-4-1-5-12-25)20-19-30(32(38)41-23-26-13-6-2-7-14-26)34-33(39)42-24-27-15-8-3-9-16-27/h1-18,21,30,35H,19-20,22-24H2,(H,34,39)(H,36,37)/t30-/m0/s1. The van der Waals surface area contributed by atoms with Crippen molar-refractivity contribution in [2.24, 2.45) is 0 Å². The highest BCUT2D eigenvalue weighted by Gasteiger charge is 2.24.